The Morgan fingerprint density at radius 2 is 1.83 bits per heavy atom. The van der Waals surface area contributed by atoms with E-state index in [-0.39, 0.29) is 29.4 Å². The number of hydrogen-bond donors (Lipinski definition) is 1. The zero-order chi connectivity index (χ0) is 16.9. The number of ether oxygens (including phenoxy) is 1. The molecule has 24 heavy (non-hydrogen) atoms. The molecule has 5 heteroatoms. The van der Waals surface area contributed by atoms with Crippen molar-refractivity contribution in [2.75, 3.05) is 33.8 Å². The normalized spacial score (nSPS) is 16.5. The van der Waals surface area contributed by atoms with Gasteiger partial charge in [0.05, 0.1) is 7.11 Å². The number of piperidine rings is 1. The Bertz CT molecular complexity index is 520. The van der Waals surface area contributed by atoms with Crippen LogP contribution in [0.1, 0.15) is 39.2 Å². The lowest BCUT2D eigenvalue weighted by Crippen LogP contribution is -2.48. The fraction of sp³-hybridized carbons (Fsp3) is 0.632. The minimum atomic E-state index is 0. The zero-order valence-electron chi connectivity index (χ0n) is 15.6. The molecule has 1 heterocycles. The molecule has 1 N–H and O–H groups in total. The number of aliphatic imine (C=N–C) groups is 1. The highest BCUT2D eigenvalue weighted by Gasteiger charge is 2.23. The summed E-state index contributed by atoms with van der Waals surface area (Å²) in [6.45, 7) is 9.91. The predicted molar refractivity (Wildman–Crippen MR) is 113 cm³/mol. The van der Waals surface area contributed by atoms with Crippen molar-refractivity contribution in [3.8, 4) is 5.75 Å². The summed E-state index contributed by atoms with van der Waals surface area (Å²) in [5, 5.41) is 3.57. The highest BCUT2D eigenvalue weighted by molar-refractivity contribution is 14.0. The summed E-state index contributed by atoms with van der Waals surface area (Å²) in [7, 11) is 3.58. The van der Waals surface area contributed by atoms with Gasteiger partial charge in [0.15, 0.2) is 5.96 Å². The minimum Gasteiger partial charge on any atom is -0.497 e. The smallest absolute Gasteiger partial charge is 0.193 e. The molecule has 0 bridgehead atoms. The maximum absolute atomic E-state index is 5.24. The molecule has 0 aromatic heterocycles. The number of methoxy groups -OCH3 is 1. The van der Waals surface area contributed by atoms with E-state index in [0.29, 0.717) is 0 Å². The number of halogens is 1. The molecule has 0 spiro atoms. The van der Waals surface area contributed by atoms with Gasteiger partial charge in [-0.3, -0.25) is 4.99 Å². The van der Waals surface area contributed by atoms with E-state index in [1.165, 1.54) is 18.4 Å². The van der Waals surface area contributed by atoms with Crippen molar-refractivity contribution in [3.63, 3.8) is 0 Å². The summed E-state index contributed by atoms with van der Waals surface area (Å²) in [6, 6.07) is 8.34. The van der Waals surface area contributed by atoms with E-state index in [2.05, 4.69) is 48.1 Å². The third-order valence-electron chi connectivity index (χ3n) is 4.85. The monoisotopic (exact) mass is 445 g/mol. The van der Waals surface area contributed by atoms with E-state index in [0.717, 1.165) is 37.3 Å². The predicted octanol–water partition coefficient (Wildman–Crippen LogP) is 3.90. The molecule has 4 nitrogen and oxygen atoms in total. The first-order valence-electron chi connectivity index (χ1n) is 8.56. The standard InChI is InChI=1S/C19H31N3O.HI/c1-15-10-12-22(13-11-15)18(20-4)21-14-19(2,3)16-6-8-17(23-5)9-7-16;/h6-9,15H,10-14H2,1-5H3,(H,20,21);1H. The van der Waals surface area contributed by atoms with Crippen LogP contribution in [0.3, 0.4) is 0 Å². The van der Waals surface area contributed by atoms with Crippen LogP contribution < -0.4 is 10.1 Å². The number of likely N-dealkylation sites (tertiary alicyclic amines) is 1. The van der Waals surface area contributed by atoms with Gasteiger partial charge in [-0.25, -0.2) is 0 Å². The second-order valence-electron chi connectivity index (χ2n) is 7.18. The van der Waals surface area contributed by atoms with Gasteiger partial charge in [-0.05, 0) is 36.5 Å². The molecular formula is C19H32IN3O. The van der Waals surface area contributed by atoms with Gasteiger partial charge in [-0.1, -0.05) is 32.9 Å². The molecule has 1 aliphatic heterocycles. The first-order valence-corrected chi connectivity index (χ1v) is 8.56. The van der Waals surface area contributed by atoms with Crippen LogP contribution in [0.5, 0.6) is 5.75 Å². The molecule has 0 saturated carbocycles. The third-order valence-corrected chi connectivity index (χ3v) is 4.85. The second-order valence-corrected chi connectivity index (χ2v) is 7.18. The van der Waals surface area contributed by atoms with Crippen LogP contribution in [0, 0.1) is 5.92 Å². The van der Waals surface area contributed by atoms with Crippen molar-refractivity contribution in [2.45, 2.75) is 39.0 Å². The van der Waals surface area contributed by atoms with Crippen molar-refractivity contribution >= 4 is 29.9 Å². The SMILES string of the molecule is CN=C(NCC(C)(C)c1ccc(OC)cc1)N1CCC(C)CC1.I. The Morgan fingerprint density at radius 3 is 2.33 bits per heavy atom. The molecule has 0 amide bonds. The van der Waals surface area contributed by atoms with Crippen LogP contribution in [-0.2, 0) is 5.41 Å². The van der Waals surface area contributed by atoms with Crippen molar-refractivity contribution in [2.24, 2.45) is 10.9 Å². The van der Waals surface area contributed by atoms with E-state index in [9.17, 15) is 0 Å². The topological polar surface area (TPSA) is 36.9 Å². The van der Waals surface area contributed by atoms with E-state index in [1.54, 1.807) is 7.11 Å². The number of nitrogens with zero attached hydrogens (tertiary/aromatic N) is 2. The van der Waals surface area contributed by atoms with Crippen LogP contribution in [-0.4, -0.2) is 44.7 Å². The second kappa shape index (κ2) is 9.49. The Balaban J connectivity index is 0.00000288. The average Bonchev–Trinajstić information content (AvgIpc) is 2.57. The summed E-state index contributed by atoms with van der Waals surface area (Å²) in [6.07, 6.45) is 2.51. The van der Waals surface area contributed by atoms with Gasteiger partial charge < -0.3 is 15.0 Å². The fourth-order valence-corrected chi connectivity index (χ4v) is 3.00. The summed E-state index contributed by atoms with van der Waals surface area (Å²) in [4.78, 5) is 6.85. The fourth-order valence-electron chi connectivity index (χ4n) is 3.00. The van der Waals surface area contributed by atoms with Crippen LogP contribution in [0.2, 0.25) is 0 Å². The van der Waals surface area contributed by atoms with Crippen LogP contribution in [0.4, 0.5) is 0 Å². The first-order chi connectivity index (χ1) is 11.0. The molecule has 1 fully saturated rings. The number of rotatable bonds is 4. The lowest BCUT2D eigenvalue weighted by atomic mass is 9.84. The quantitative estimate of drug-likeness (QED) is 0.434. The Kier molecular flexibility index (Phi) is 8.33. The average molecular weight is 445 g/mol. The summed E-state index contributed by atoms with van der Waals surface area (Å²) in [5.41, 5.74) is 1.33. The van der Waals surface area contributed by atoms with Gasteiger partial charge in [0, 0.05) is 32.1 Å². The van der Waals surface area contributed by atoms with Gasteiger partial charge in [0.25, 0.3) is 0 Å². The van der Waals surface area contributed by atoms with Gasteiger partial charge in [0.1, 0.15) is 5.75 Å². The summed E-state index contributed by atoms with van der Waals surface area (Å²) < 4.78 is 5.24. The van der Waals surface area contributed by atoms with Gasteiger partial charge in [-0.2, -0.15) is 0 Å². The van der Waals surface area contributed by atoms with Gasteiger partial charge >= 0.3 is 0 Å². The number of hydrogen-bond acceptors (Lipinski definition) is 2. The van der Waals surface area contributed by atoms with E-state index < -0.39 is 0 Å². The highest BCUT2D eigenvalue weighted by Crippen LogP contribution is 2.25. The first kappa shape index (κ1) is 21.1. The van der Waals surface area contributed by atoms with Crippen molar-refractivity contribution in [3.05, 3.63) is 29.8 Å². The van der Waals surface area contributed by atoms with Gasteiger partial charge in [0.2, 0.25) is 0 Å². The molecule has 0 aliphatic carbocycles. The molecule has 1 aromatic carbocycles. The lowest BCUT2D eigenvalue weighted by Gasteiger charge is -2.35. The Hall–Kier alpha value is -0.980. The zero-order valence-corrected chi connectivity index (χ0v) is 18.0. The molecule has 1 aromatic rings. The molecule has 136 valence electrons. The van der Waals surface area contributed by atoms with Crippen LogP contribution >= 0.6 is 24.0 Å². The third kappa shape index (κ3) is 5.53. The Morgan fingerprint density at radius 1 is 1.25 bits per heavy atom. The highest BCUT2D eigenvalue weighted by atomic mass is 127. The van der Waals surface area contributed by atoms with Crippen molar-refractivity contribution in [1.29, 1.82) is 0 Å². The van der Waals surface area contributed by atoms with Crippen LogP contribution in [0.15, 0.2) is 29.3 Å². The molecule has 0 unspecified atom stereocenters. The summed E-state index contributed by atoms with van der Waals surface area (Å²) >= 11 is 0. The summed E-state index contributed by atoms with van der Waals surface area (Å²) in [5.74, 6) is 2.76. The maximum atomic E-state index is 5.24. The minimum absolute atomic E-state index is 0. The Labute approximate surface area is 164 Å². The van der Waals surface area contributed by atoms with E-state index in [4.69, 9.17) is 4.74 Å². The molecule has 0 radical (unpaired) electrons. The van der Waals surface area contributed by atoms with Crippen LogP contribution in [0.25, 0.3) is 0 Å². The molecule has 0 atom stereocenters. The molecular weight excluding hydrogens is 413 g/mol. The largest absolute Gasteiger partial charge is 0.497 e. The molecule has 1 saturated heterocycles. The number of nitrogens with one attached hydrogen (secondary N) is 1. The van der Waals surface area contributed by atoms with Gasteiger partial charge in [-0.15, -0.1) is 24.0 Å². The van der Waals surface area contributed by atoms with Crippen molar-refractivity contribution < 1.29 is 4.74 Å². The van der Waals surface area contributed by atoms with E-state index in [1.807, 2.05) is 19.2 Å². The lowest BCUT2D eigenvalue weighted by molar-refractivity contribution is 0.272. The van der Waals surface area contributed by atoms with E-state index >= 15 is 0 Å². The molecule has 1 aliphatic rings. The molecule has 2 rings (SSSR count). The maximum Gasteiger partial charge on any atom is 0.193 e. The number of guanidine groups is 1. The van der Waals surface area contributed by atoms with Crippen molar-refractivity contribution in [1.82, 2.24) is 10.2 Å². The number of benzene rings is 1.